The molecule has 0 radical (unpaired) electrons. The third-order valence-electron chi connectivity index (χ3n) is 10.4. The molecule has 8 nitrogen and oxygen atoms in total. The number of benzene rings is 1. The van der Waals surface area contributed by atoms with Crippen LogP contribution in [0.25, 0.3) is 0 Å². The Morgan fingerprint density at radius 2 is 1.67 bits per heavy atom. The number of hydrogen-bond donors (Lipinski definition) is 0. The van der Waals surface area contributed by atoms with Crippen molar-refractivity contribution >= 4 is 17.3 Å². The topological polar surface area (TPSA) is 113 Å². The molecule has 1 aromatic carbocycles. The maximum atomic E-state index is 12.9. The van der Waals surface area contributed by atoms with E-state index in [4.69, 9.17) is 4.74 Å². The molecule has 3 fully saturated rings. The highest BCUT2D eigenvalue weighted by molar-refractivity contribution is 5.91. The van der Waals surface area contributed by atoms with Gasteiger partial charge in [0.15, 0.2) is 0 Å². The molecule has 0 amide bonds. The first-order valence-corrected chi connectivity index (χ1v) is 15.7. The summed E-state index contributed by atoms with van der Waals surface area (Å²) in [6.07, 6.45) is 16.6. The van der Waals surface area contributed by atoms with Crippen molar-refractivity contribution in [3.63, 3.8) is 0 Å². The second-order valence-electron chi connectivity index (χ2n) is 13.5. The van der Waals surface area contributed by atoms with Gasteiger partial charge in [0.25, 0.3) is 11.4 Å². The molecule has 0 aliphatic heterocycles. The molecule has 1 aromatic rings. The first-order valence-electron chi connectivity index (χ1n) is 15.7. The number of rotatable bonds is 9. The van der Waals surface area contributed by atoms with Gasteiger partial charge < -0.3 is 4.74 Å². The van der Waals surface area contributed by atoms with Gasteiger partial charge in [0.2, 0.25) is 0 Å². The van der Waals surface area contributed by atoms with Gasteiger partial charge in [0.1, 0.15) is 6.10 Å². The van der Waals surface area contributed by atoms with E-state index in [0.29, 0.717) is 48.9 Å². The average molecular weight is 591 g/mol. The van der Waals surface area contributed by atoms with Crippen molar-refractivity contribution in [1.29, 1.82) is 0 Å². The van der Waals surface area contributed by atoms with Crippen LogP contribution in [0.1, 0.15) is 96.3 Å². The number of nitrogens with zero attached hydrogens (tertiary/aromatic N) is 2. The SMILES string of the molecule is C=C1CC[C@H](OC(=O)c2cc([N+](=O)[O-])cc([N+](=O)[O-])c2)C/C1=C\C=C1/CCC[C@]2(C)[C@@H]1CC[C@@H]2[C@H](C)/C=C/[C@@H](C)C(C)C. The summed E-state index contributed by atoms with van der Waals surface area (Å²) >= 11 is 0. The normalized spacial score (nSPS) is 29.2. The summed E-state index contributed by atoms with van der Waals surface area (Å²) in [4.78, 5) is 33.9. The highest BCUT2D eigenvalue weighted by Gasteiger charge is 2.50. The summed E-state index contributed by atoms with van der Waals surface area (Å²) in [6, 6.07) is 2.88. The first-order chi connectivity index (χ1) is 20.3. The Kier molecular flexibility index (Phi) is 10.1. The fraction of sp³-hybridized carbons (Fsp3) is 0.571. The molecule has 0 aromatic heterocycles. The fourth-order valence-corrected chi connectivity index (χ4v) is 7.47. The summed E-state index contributed by atoms with van der Waals surface area (Å²) in [5.41, 5.74) is 2.63. The molecule has 6 atom stereocenters. The molecule has 0 bridgehead atoms. The minimum atomic E-state index is -0.798. The lowest BCUT2D eigenvalue weighted by atomic mass is 9.61. The average Bonchev–Trinajstić information content (AvgIpc) is 3.33. The Morgan fingerprint density at radius 3 is 2.30 bits per heavy atom. The number of carbonyl (C=O) groups is 1. The van der Waals surface area contributed by atoms with Crippen molar-refractivity contribution in [2.24, 2.45) is 35.0 Å². The number of nitro benzene ring substituents is 2. The van der Waals surface area contributed by atoms with E-state index >= 15 is 0 Å². The van der Waals surface area contributed by atoms with Crippen molar-refractivity contribution in [2.75, 3.05) is 0 Å². The van der Waals surface area contributed by atoms with E-state index in [2.05, 4.69) is 65.5 Å². The van der Waals surface area contributed by atoms with Crippen LogP contribution in [-0.2, 0) is 4.74 Å². The van der Waals surface area contributed by atoms with Gasteiger partial charge in [-0.25, -0.2) is 4.79 Å². The van der Waals surface area contributed by atoms with E-state index in [1.165, 1.54) is 31.3 Å². The van der Waals surface area contributed by atoms with Gasteiger partial charge in [-0.3, -0.25) is 20.2 Å². The van der Waals surface area contributed by atoms with Crippen LogP contribution in [-0.4, -0.2) is 21.9 Å². The van der Waals surface area contributed by atoms with E-state index < -0.39 is 33.3 Å². The van der Waals surface area contributed by atoms with Gasteiger partial charge in [-0.1, -0.05) is 76.6 Å². The van der Waals surface area contributed by atoms with Crippen LogP contribution in [0.3, 0.4) is 0 Å². The molecular formula is C35H46N2O6. The molecule has 4 rings (SSSR count). The maximum Gasteiger partial charge on any atom is 0.338 e. The molecule has 3 aliphatic rings. The number of non-ortho nitro benzene ring substituents is 2. The largest absolute Gasteiger partial charge is 0.458 e. The summed E-state index contributed by atoms with van der Waals surface area (Å²) < 4.78 is 5.70. The van der Waals surface area contributed by atoms with Crippen molar-refractivity contribution < 1.29 is 19.4 Å². The Hall–Kier alpha value is -3.55. The van der Waals surface area contributed by atoms with Crippen LogP contribution in [0, 0.1) is 55.2 Å². The Bertz CT molecular complexity index is 1330. The first kappa shape index (κ1) is 32.4. The third-order valence-corrected chi connectivity index (χ3v) is 10.4. The molecule has 232 valence electrons. The number of fused-ring (bicyclic) bond motifs is 1. The quantitative estimate of drug-likeness (QED) is 0.123. The van der Waals surface area contributed by atoms with E-state index in [0.717, 1.165) is 35.8 Å². The van der Waals surface area contributed by atoms with Crippen molar-refractivity contribution in [3.05, 3.63) is 91.6 Å². The van der Waals surface area contributed by atoms with E-state index in [1.54, 1.807) is 0 Å². The lowest BCUT2D eigenvalue weighted by Crippen LogP contribution is -2.35. The van der Waals surface area contributed by atoms with Crippen molar-refractivity contribution in [1.82, 2.24) is 0 Å². The number of allylic oxidation sites excluding steroid dienone is 6. The Morgan fingerprint density at radius 1 is 1.00 bits per heavy atom. The van der Waals surface area contributed by atoms with Crippen LogP contribution in [0.4, 0.5) is 11.4 Å². The molecular weight excluding hydrogens is 544 g/mol. The van der Waals surface area contributed by atoms with E-state index in [1.807, 2.05) is 0 Å². The van der Waals surface area contributed by atoms with Crippen LogP contribution < -0.4 is 0 Å². The zero-order chi connectivity index (χ0) is 31.5. The standard InChI is InChI=1S/C35H46N2O6/c1-22(2)23(3)9-10-25(5)32-15-16-33-26(8-7-17-35(32,33)6)12-13-27-20-31(14-11-24(27)4)43-34(38)28-18-29(36(39)40)21-30(19-28)37(41)42/h9-10,12-13,18-19,21-23,25,31-33H,4,7-8,11,14-17,20H2,1-3,5-6H3/b10-9+,26-12+,27-13+/t23-,25-,31+,32-,33-,35+/m1/s1. The van der Waals surface area contributed by atoms with Crippen LogP contribution in [0.5, 0.6) is 0 Å². The molecule has 3 saturated carbocycles. The molecule has 8 heteroatoms. The van der Waals surface area contributed by atoms with Gasteiger partial charge in [-0.05, 0) is 85.5 Å². The Labute approximate surface area is 255 Å². The molecule has 0 saturated heterocycles. The second kappa shape index (κ2) is 13.4. The molecule has 0 unspecified atom stereocenters. The lowest BCUT2D eigenvalue weighted by molar-refractivity contribution is -0.394. The minimum Gasteiger partial charge on any atom is -0.458 e. The van der Waals surface area contributed by atoms with Crippen LogP contribution in [0.15, 0.2) is 65.8 Å². The van der Waals surface area contributed by atoms with Crippen molar-refractivity contribution in [2.45, 2.75) is 92.1 Å². The van der Waals surface area contributed by atoms with E-state index in [9.17, 15) is 25.0 Å². The zero-order valence-corrected chi connectivity index (χ0v) is 26.2. The molecule has 43 heavy (non-hydrogen) atoms. The second-order valence-corrected chi connectivity index (χ2v) is 13.5. The highest BCUT2D eigenvalue weighted by atomic mass is 16.6. The predicted molar refractivity (Wildman–Crippen MR) is 169 cm³/mol. The number of hydrogen-bond acceptors (Lipinski definition) is 6. The number of ether oxygens (including phenoxy) is 1. The van der Waals surface area contributed by atoms with Gasteiger partial charge in [0, 0.05) is 18.6 Å². The number of nitro groups is 2. The summed E-state index contributed by atoms with van der Waals surface area (Å²) in [7, 11) is 0. The van der Waals surface area contributed by atoms with Crippen LogP contribution in [0.2, 0.25) is 0 Å². The molecule has 0 heterocycles. The summed E-state index contributed by atoms with van der Waals surface area (Å²) in [5, 5.41) is 22.5. The van der Waals surface area contributed by atoms with E-state index in [-0.39, 0.29) is 11.0 Å². The lowest BCUT2D eigenvalue weighted by Gasteiger charge is -2.44. The van der Waals surface area contributed by atoms with Gasteiger partial charge in [-0.2, -0.15) is 0 Å². The predicted octanol–water partition coefficient (Wildman–Crippen LogP) is 9.32. The van der Waals surface area contributed by atoms with Gasteiger partial charge in [0.05, 0.1) is 21.5 Å². The Balaban J connectivity index is 1.47. The summed E-state index contributed by atoms with van der Waals surface area (Å²) in [6.45, 7) is 16.0. The monoisotopic (exact) mass is 590 g/mol. The minimum absolute atomic E-state index is 0.196. The maximum absolute atomic E-state index is 12.9. The third kappa shape index (κ3) is 7.34. The highest BCUT2D eigenvalue weighted by Crippen LogP contribution is 2.59. The van der Waals surface area contributed by atoms with Crippen LogP contribution >= 0.6 is 0 Å². The fourth-order valence-electron chi connectivity index (χ4n) is 7.47. The smallest absolute Gasteiger partial charge is 0.338 e. The van der Waals surface area contributed by atoms with Gasteiger partial charge in [-0.15, -0.1) is 0 Å². The molecule has 0 spiro atoms. The number of carbonyl (C=O) groups excluding carboxylic acids is 1. The summed E-state index contributed by atoms with van der Waals surface area (Å²) in [5.74, 6) is 2.21. The molecule has 3 aliphatic carbocycles. The van der Waals surface area contributed by atoms with Crippen molar-refractivity contribution in [3.8, 4) is 0 Å². The molecule has 0 N–H and O–H groups in total. The van der Waals surface area contributed by atoms with Gasteiger partial charge >= 0.3 is 5.97 Å². The zero-order valence-electron chi connectivity index (χ0n) is 26.2. The number of esters is 1.